The van der Waals surface area contributed by atoms with Crippen LogP contribution in [0, 0.1) is 17.3 Å². The van der Waals surface area contributed by atoms with E-state index in [2.05, 4.69) is 0 Å². The van der Waals surface area contributed by atoms with Gasteiger partial charge in [-0.1, -0.05) is 13.8 Å². The number of carbonyl (C=O) groups is 3. The maximum atomic E-state index is 12.7. The van der Waals surface area contributed by atoms with Crippen LogP contribution in [0.15, 0.2) is 0 Å². The molecule has 7 nitrogen and oxygen atoms in total. The van der Waals surface area contributed by atoms with Crippen LogP contribution < -0.4 is 0 Å². The summed E-state index contributed by atoms with van der Waals surface area (Å²) in [4.78, 5) is 36.9. The van der Waals surface area contributed by atoms with Crippen molar-refractivity contribution >= 4 is 17.9 Å². The Morgan fingerprint density at radius 2 is 1.63 bits per heavy atom. The molecule has 3 unspecified atom stereocenters. The standard InChI is InChI=1S/C20H38NO6/c1-9-20(4,19(24)27-12-11-21(5,6)7)14-16(18(23)25-8)13-15(3)17(22)26-10-2/h15-16H,9-14H2,1-8H3/q+1. The minimum absolute atomic E-state index is 0.267. The van der Waals surface area contributed by atoms with E-state index in [0.717, 1.165) is 0 Å². The summed E-state index contributed by atoms with van der Waals surface area (Å²) < 4.78 is 16.1. The number of hydrogen-bond donors (Lipinski definition) is 0. The molecule has 158 valence electrons. The number of quaternary nitrogens is 1. The van der Waals surface area contributed by atoms with E-state index in [4.69, 9.17) is 14.2 Å². The zero-order valence-electron chi connectivity index (χ0n) is 18.3. The van der Waals surface area contributed by atoms with Crippen molar-refractivity contribution < 1.29 is 33.1 Å². The smallest absolute Gasteiger partial charge is 0.312 e. The third-order valence-corrected chi connectivity index (χ3v) is 4.83. The summed E-state index contributed by atoms with van der Waals surface area (Å²) in [5.41, 5.74) is -0.821. The van der Waals surface area contributed by atoms with E-state index >= 15 is 0 Å². The monoisotopic (exact) mass is 388 g/mol. The summed E-state index contributed by atoms with van der Waals surface area (Å²) in [6.45, 7) is 8.46. The third-order valence-electron chi connectivity index (χ3n) is 4.83. The first-order valence-corrected chi connectivity index (χ1v) is 9.62. The topological polar surface area (TPSA) is 78.9 Å². The first kappa shape index (κ1) is 25.4. The lowest BCUT2D eigenvalue weighted by Gasteiger charge is -2.31. The number of esters is 3. The lowest BCUT2D eigenvalue weighted by Crippen LogP contribution is -2.40. The summed E-state index contributed by atoms with van der Waals surface area (Å²) in [6.07, 6.45) is 1.06. The number of carbonyl (C=O) groups excluding carboxylic acids is 3. The number of ether oxygens (including phenoxy) is 3. The van der Waals surface area contributed by atoms with E-state index in [-0.39, 0.29) is 31.4 Å². The number of likely N-dealkylation sites (N-methyl/N-ethyl adjacent to an activating group) is 1. The summed E-state index contributed by atoms with van der Waals surface area (Å²) in [6, 6.07) is 0. The van der Waals surface area contributed by atoms with Gasteiger partial charge in [0.2, 0.25) is 0 Å². The highest BCUT2D eigenvalue weighted by atomic mass is 16.5. The van der Waals surface area contributed by atoms with Crippen LogP contribution in [-0.4, -0.2) is 70.4 Å². The molecular weight excluding hydrogens is 350 g/mol. The normalized spacial score (nSPS) is 16.0. The van der Waals surface area contributed by atoms with E-state index in [9.17, 15) is 14.4 Å². The molecule has 27 heavy (non-hydrogen) atoms. The van der Waals surface area contributed by atoms with Crippen LogP contribution in [-0.2, 0) is 28.6 Å². The fourth-order valence-electron chi connectivity index (χ4n) is 2.74. The highest BCUT2D eigenvalue weighted by Gasteiger charge is 2.39. The van der Waals surface area contributed by atoms with E-state index < -0.39 is 23.2 Å². The van der Waals surface area contributed by atoms with Crippen LogP contribution >= 0.6 is 0 Å². The average molecular weight is 389 g/mol. The predicted molar refractivity (Wildman–Crippen MR) is 103 cm³/mol. The minimum atomic E-state index is -0.821. The van der Waals surface area contributed by atoms with E-state index in [1.807, 2.05) is 28.1 Å². The van der Waals surface area contributed by atoms with Crippen molar-refractivity contribution in [3.8, 4) is 0 Å². The molecule has 0 bridgehead atoms. The third kappa shape index (κ3) is 9.22. The Labute approximate surface area is 163 Å². The molecule has 0 aliphatic heterocycles. The molecule has 7 heteroatoms. The SMILES string of the molecule is CCOC(=O)C(C)CC(CC(C)(CC)C(=O)OCC[N+](C)(C)C)C(=O)OC. The maximum Gasteiger partial charge on any atom is 0.312 e. The summed E-state index contributed by atoms with van der Waals surface area (Å²) in [5, 5.41) is 0. The number of methoxy groups -OCH3 is 1. The lowest BCUT2D eigenvalue weighted by atomic mass is 9.76. The fraction of sp³-hybridized carbons (Fsp3) is 0.850. The first-order valence-electron chi connectivity index (χ1n) is 9.62. The van der Waals surface area contributed by atoms with Crippen molar-refractivity contribution in [3.05, 3.63) is 0 Å². The molecule has 0 radical (unpaired) electrons. The molecule has 0 saturated heterocycles. The van der Waals surface area contributed by atoms with Gasteiger partial charge in [-0.05, 0) is 33.1 Å². The van der Waals surface area contributed by atoms with Crippen LogP contribution in [0.2, 0.25) is 0 Å². The molecule has 0 spiro atoms. The van der Waals surface area contributed by atoms with Crippen molar-refractivity contribution in [2.24, 2.45) is 17.3 Å². The van der Waals surface area contributed by atoms with Crippen LogP contribution in [0.1, 0.15) is 47.0 Å². The molecule has 0 rings (SSSR count). The molecule has 0 aromatic heterocycles. The Hall–Kier alpha value is -1.63. The number of rotatable bonds is 12. The summed E-state index contributed by atoms with van der Waals surface area (Å²) >= 11 is 0. The van der Waals surface area contributed by atoms with Crippen molar-refractivity contribution in [3.63, 3.8) is 0 Å². The maximum absolute atomic E-state index is 12.7. The van der Waals surface area contributed by atoms with E-state index in [1.165, 1.54) is 7.11 Å². The molecule has 0 N–H and O–H groups in total. The molecule has 0 fully saturated rings. The van der Waals surface area contributed by atoms with E-state index in [1.54, 1.807) is 20.8 Å². The summed E-state index contributed by atoms with van der Waals surface area (Å²) in [5.74, 6) is -2.13. The van der Waals surface area contributed by atoms with Crippen molar-refractivity contribution in [2.45, 2.75) is 47.0 Å². The molecule has 0 aromatic rings. The second kappa shape index (κ2) is 11.3. The molecule has 3 atom stereocenters. The lowest BCUT2D eigenvalue weighted by molar-refractivity contribution is -0.870. The molecule has 0 saturated carbocycles. The molecule has 0 aromatic carbocycles. The highest BCUT2D eigenvalue weighted by molar-refractivity contribution is 5.79. The van der Waals surface area contributed by atoms with E-state index in [0.29, 0.717) is 24.1 Å². The largest absolute Gasteiger partial charge is 0.469 e. The van der Waals surface area contributed by atoms with Gasteiger partial charge in [0.15, 0.2) is 0 Å². The zero-order valence-corrected chi connectivity index (χ0v) is 18.3. The predicted octanol–water partition coefficient (Wildman–Crippen LogP) is 2.42. The van der Waals surface area contributed by atoms with Gasteiger partial charge in [-0.25, -0.2) is 0 Å². The van der Waals surface area contributed by atoms with Gasteiger partial charge in [-0.15, -0.1) is 0 Å². The van der Waals surface area contributed by atoms with Crippen molar-refractivity contribution in [1.82, 2.24) is 0 Å². The molecule has 0 amide bonds. The molecular formula is C20H38NO6+. The average Bonchev–Trinajstić information content (AvgIpc) is 2.59. The second-order valence-electron chi connectivity index (χ2n) is 8.38. The van der Waals surface area contributed by atoms with Gasteiger partial charge in [0.05, 0.1) is 52.1 Å². The van der Waals surface area contributed by atoms with Gasteiger partial charge >= 0.3 is 17.9 Å². The van der Waals surface area contributed by atoms with Gasteiger partial charge < -0.3 is 18.7 Å². The van der Waals surface area contributed by atoms with Gasteiger partial charge in [-0.3, -0.25) is 14.4 Å². The zero-order chi connectivity index (χ0) is 21.3. The highest BCUT2D eigenvalue weighted by Crippen LogP contribution is 2.34. The van der Waals surface area contributed by atoms with Crippen LogP contribution in [0.5, 0.6) is 0 Å². The number of nitrogens with zero attached hydrogens (tertiary/aromatic N) is 1. The molecule has 0 aliphatic rings. The van der Waals surface area contributed by atoms with Gasteiger partial charge in [0.1, 0.15) is 13.2 Å². The van der Waals surface area contributed by atoms with Crippen LogP contribution in [0.3, 0.4) is 0 Å². The van der Waals surface area contributed by atoms with Crippen molar-refractivity contribution in [2.75, 3.05) is 48.0 Å². The quantitative estimate of drug-likeness (QED) is 0.290. The van der Waals surface area contributed by atoms with Crippen LogP contribution in [0.25, 0.3) is 0 Å². The number of hydrogen-bond acceptors (Lipinski definition) is 6. The fourth-order valence-corrected chi connectivity index (χ4v) is 2.74. The van der Waals surface area contributed by atoms with Gasteiger partial charge in [0.25, 0.3) is 0 Å². The minimum Gasteiger partial charge on any atom is -0.469 e. The van der Waals surface area contributed by atoms with Gasteiger partial charge in [-0.2, -0.15) is 0 Å². The Morgan fingerprint density at radius 3 is 2.07 bits per heavy atom. The molecule has 0 aliphatic carbocycles. The second-order valence-corrected chi connectivity index (χ2v) is 8.38. The summed E-state index contributed by atoms with van der Waals surface area (Å²) in [7, 11) is 7.39. The van der Waals surface area contributed by atoms with Crippen molar-refractivity contribution in [1.29, 1.82) is 0 Å². The van der Waals surface area contributed by atoms with Gasteiger partial charge in [0, 0.05) is 0 Å². The Kier molecular flexibility index (Phi) is 10.6. The van der Waals surface area contributed by atoms with Crippen LogP contribution in [0.4, 0.5) is 0 Å². The molecule has 0 heterocycles. The Balaban J connectivity index is 5.13. The Bertz CT molecular complexity index is 499. The Morgan fingerprint density at radius 1 is 1.04 bits per heavy atom. The first-order chi connectivity index (χ1) is 12.4.